The summed E-state index contributed by atoms with van der Waals surface area (Å²) in [4.78, 5) is 0. The van der Waals surface area contributed by atoms with Crippen LogP contribution in [0.15, 0.2) is 60.7 Å². The van der Waals surface area contributed by atoms with Gasteiger partial charge in [0, 0.05) is 0 Å². The van der Waals surface area contributed by atoms with Gasteiger partial charge in [0.25, 0.3) is 0 Å². The van der Waals surface area contributed by atoms with Crippen molar-refractivity contribution in [3.63, 3.8) is 0 Å². The number of ether oxygens (including phenoxy) is 2. The van der Waals surface area contributed by atoms with Gasteiger partial charge in [-0.05, 0) is 38.3 Å². The van der Waals surface area contributed by atoms with Crippen LogP contribution < -0.4 is 0 Å². The van der Waals surface area contributed by atoms with E-state index in [-0.39, 0.29) is 11.7 Å². The Bertz CT molecular complexity index is 653. The first-order chi connectivity index (χ1) is 11.7. The van der Waals surface area contributed by atoms with Gasteiger partial charge in [-0.25, -0.2) is 0 Å². The predicted octanol–water partition coefficient (Wildman–Crippen LogP) is 3.39. The van der Waals surface area contributed by atoms with Crippen molar-refractivity contribution in [3.05, 3.63) is 71.8 Å². The predicted molar refractivity (Wildman–Crippen MR) is 99.6 cm³/mol. The van der Waals surface area contributed by atoms with Crippen LogP contribution in [-0.4, -0.2) is 39.1 Å². The Morgan fingerprint density at radius 1 is 1.04 bits per heavy atom. The molecule has 0 saturated carbocycles. The lowest BCUT2D eigenvalue weighted by molar-refractivity contribution is -0.167. The molecule has 2 aromatic rings. The molecule has 1 fully saturated rings. The van der Waals surface area contributed by atoms with E-state index in [4.69, 9.17) is 9.47 Å². The lowest BCUT2D eigenvalue weighted by Crippen LogP contribution is -2.50. The van der Waals surface area contributed by atoms with Crippen LogP contribution in [0, 0.1) is 0 Å². The lowest BCUT2D eigenvalue weighted by Gasteiger charge is -2.39. The molecule has 1 N–H and O–H groups in total. The highest BCUT2D eigenvalue weighted by Gasteiger charge is 2.58. The van der Waals surface area contributed by atoms with Gasteiger partial charge in [0.1, 0.15) is 10.2 Å². The molecule has 4 heteroatoms. The van der Waals surface area contributed by atoms with Crippen molar-refractivity contribution >= 4 is 10.2 Å². The maximum atomic E-state index is 11.2. The Morgan fingerprint density at radius 2 is 1.52 bits per heavy atom. The molecular weight excluding hydrogens is 328 g/mol. The second kappa shape index (κ2) is 6.69. The summed E-state index contributed by atoms with van der Waals surface area (Å²) < 4.78 is 11.9. The number of aliphatic hydroxyl groups is 1. The monoisotopic (exact) mass is 353 g/mol. The first kappa shape index (κ1) is 18.3. The fourth-order valence-corrected chi connectivity index (χ4v) is 4.10. The zero-order valence-electron chi connectivity index (χ0n) is 15.0. The second-order valence-corrected chi connectivity index (χ2v) is 8.33. The van der Waals surface area contributed by atoms with E-state index in [0.717, 1.165) is 11.1 Å². The lowest BCUT2D eigenvalue weighted by atomic mass is 9.71. The zero-order valence-corrected chi connectivity index (χ0v) is 16.0. The van der Waals surface area contributed by atoms with Crippen molar-refractivity contribution in [2.24, 2.45) is 0 Å². The van der Waals surface area contributed by atoms with Crippen LogP contribution in [0.25, 0.3) is 0 Å². The quantitative estimate of drug-likeness (QED) is 0.857. The van der Waals surface area contributed by atoms with Crippen LogP contribution >= 0.6 is 0 Å². The minimum atomic E-state index is -1.51. The molecule has 0 spiro atoms. The van der Waals surface area contributed by atoms with Gasteiger partial charge in [0.2, 0.25) is 0 Å². The maximum Gasteiger partial charge on any atom is 0.155 e. The van der Waals surface area contributed by atoms with Crippen molar-refractivity contribution in [1.82, 2.24) is 0 Å². The Morgan fingerprint density at radius 3 is 1.96 bits per heavy atom. The summed E-state index contributed by atoms with van der Waals surface area (Å²) in [5, 5.41) is 11.2. The molecule has 3 radical (unpaired) electrons. The fraction of sp³-hybridized carbons (Fsp3) is 0.429. The number of benzene rings is 2. The van der Waals surface area contributed by atoms with Crippen LogP contribution in [0.5, 0.6) is 0 Å². The van der Waals surface area contributed by atoms with Crippen molar-refractivity contribution in [1.29, 1.82) is 0 Å². The summed E-state index contributed by atoms with van der Waals surface area (Å²) >= 11 is 0. The number of hydrogen-bond donors (Lipinski definition) is 1. The summed E-state index contributed by atoms with van der Waals surface area (Å²) in [6, 6.07) is 20.0. The van der Waals surface area contributed by atoms with Crippen molar-refractivity contribution in [2.75, 3.05) is 6.61 Å². The van der Waals surface area contributed by atoms with Crippen LogP contribution in [0.3, 0.4) is 0 Å². The highest BCUT2D eigenvalue weighted by molar-refractivity contribution is 6.15. The number of hydrogen-bond acceptors (Lipinski definition) is 3. The molecule has 2 atom stereocenters. The SMILES string of the molecule is CC(C)(C)OC[C@@H]1CC(c2ccccc2)(c2ccccc2)C(O)([Si])O1. The molecule has 2 aromatic carbocycles. The van der Waals surface area contributed by atoms with Gasteiger partial charge >= 0.3 is 0 Å². The molecule has 0 amide bonds. The van der Waals surface area contributed by atoms with Crippen molar-refractivity contribution in [3.8, 4) is 0 Å². The van der Waals surface area contributed by atoms with E-state index in [9.17, 15) is 5.11 Å². The highest BCUT2D eigenvalue weighted by atomic mass is 28.1. The van der Waals surface area contributed by atoms with E-state index in [2.05, 4.69) is 10.2 Å². The molecule has 25 heavy (non-hydrogen) atoms. The average molecular weight is 354 g/mol. The van der Waals surface area contributed by atoms with E-state index in [1.807, 2.05) is 81.4 Å². The van der Waals surface area contributed by atoms with Gasteiger partial charge in [-0.1, -0.05) is 60.7 Å². The van der Waals surface area contributed by atoms with Gasteiger partial charge in [0.15, 0.2) is 5.41 Å². The normalized spacial score (nSPS) is 25.9. The van der Waals surface area contributed by atoms with Crippen molar-refractivity contribution < 1.29 is 14.6 Å². The van der Waals surface area contributed by atoms with Crippen LogP contribution in [0.2, 0.25) is 0 Å². The van der Waals surface area contributed by atoms with Gasteiger partial charge < -0.3 is 14.6 Å². The molecule has 3 rings (SSSR count). The first-order valence-electron chi connectivity index (χ1n) is 8.65. The Labute approximate surface area is 153 Å². The molecule has 0 bridgehead atoms. The number of rotatable bonds is 4. The summed E-state index contributed by atoms with van der Waals surface area (Å²) in [5.41, 5.74) is -0.452. The van der Waals surface area contributed by atoms with Gasteiger partial charge in [-0.3, -0.25) is 0 Å². The first-order valence-corrected chi connectivity index (χ1v) is 9.15. The molecule has 1 heterocycles. The smallest absolute Gasteiger partial charge is 0.155 e. The topological polar surface area (TPSA) is 38.7 Å². The van der Waals surface area contributed by atoms with E-state index in [0.29, 0.717) is 13.0 Å². The summed E-state index contributed by atoms with van der Waals surface area (Å²) in [6.45, 7) is 6.48. The minimum absolute atomic E-state index is 0.220. The zero-order chi connectivity index (χ0) is 18.1. The molecule has 3 nitrogen and oxygen atoms in total. The van der Waals surface area contributed by atoms with Crippen molar-refractivity contribution in [2.45, 2.75) is 49.7 Å². The Kier molecular flexibility index (Phi) is 4.90. The third-order valence-electron chi connectivity index (χ3n) is 4.68. The molecule has 1 saturated heterocycles. The van der Waals surface area contributed by atoms with Crippen LogP contribution in [0.4, 0.5) is 0 Å². The standard InChI is InChI=1S/C21H25O3Si/c1-19(2,3)23-15-18-14-20(21(22,25)24-18,16-10-6-4-7-11-16)17-12-8-5-9-13-17/h4-13,18,22H,14-15H2,1-3H3/t18-,21?/m0/s1. The molecule has 131 valence electrons. The average Bonchev–Trinajstić information content (AvgIpc) is 2.85. The second-order valence-electron chi connectivity index (χ2n) is 7.65. The summed E-state index contributed by atoms with van der Waals surface area (Å²) in [6.07, 6.45) is 0.402. The summed E-state index contributed by atoms with van der Waals surface area (Å²) in [5.74, 6) is 0. The van der Waals surface area contributed by atoms with Gasteiger partial charge in [-0.15, -0.1) is 0 Å². The van der Waals surface area contributed by atoms with E-state index in [1.54, 1.807) is 0 Å². The van der Waals surface area contributed by atoms with Crippen LogP contribution in [0.1, 0.15) is 38.3 Å². The molecule has 1 aliphatic heterocycles. The van der Waals surface area contributed by atoms with Crippen LogP contribution in [-0.2, 0) is 14.9 Å². The molecule has 1 unspecified atom stereocenters. The largest absolute Gasteiger partial charge is 0.373 e. The highest BCUT2D eigenvalue weighted by Crippen LogP contribution is 2.50. The Balaban J connectivity index is 2.03. The molecule has 1 aliphatic rings. The fourth-order valence-electron chi connectivity index (χ4n) is 3.54. The van der Waals surface area contributed by atoms with Gasteiger partial charge in [0.05, 0.1) is 23.7 Å². The minimum Gasteiger partial charge on any atom is -0.373 e. The third-order valence-corrected chi connectivity index (χ3v) is 5.23. The van der Waals surface area contributed by atoms with E-state index >= 15 is 0 Å². The molecule has 0 aromatic heterocycles. The molecule has 0 aliphatic carbocycles. The summed E-state index contributed by atoms with van der Waals surface area (Å²) in [7, 11) is 3.54. The van der Waals surface area contributed by atoms with E-state index in [1.165, 1.54) is 0 Å². The third kappa shape index (κ3) is 3.58. The van der Waals surface area contributed by atoms with E-state index < -0.39 is 10.8 Å². The molecular formula is C21H25O3Si. The Hall–Kier alpha value is -1.46. The van der Waals surface area contributed by atoms with Gasteiger partial charge in [-0.2, -0.15) is 0 Å². The maximum absolute atomic E-state index is 11.2.